The second kappa shape index (κ2) is 6.06. The molecule has 0 aromatic heterocycles. The van der Waals surface area contributed by atoms with Gasteiger partial charge in [-0.2, -0.15) is 0 Å². The molecular weight excluding hydrogens is 232 g/mol. The summed E-state index contributed by atoms with van der Waals surface area (Å²) in [6, 6.07) is 11.5. The van der Waals surface area contributed by atoms with Crippen LogP contribution in [0.5, 0.6) is 0 Å². The summed E-state index contributed by atoms with van der Waals surface area (Å²) in [5, 5.41) is 0. The third-order valence-corrected chi connectivity index (χ3v) is 4.80. The van der Waals surface area contributed by atoms with Crippen LogP contribution in [0.4, 0.5) is 0 Å². The Morgan fingerprint density at radius 2 is 1.95 bits per heavy atom. The van der Waals surface area contributed by atoms with Gasteiger partial charge in [-0.3, -0.25) is 0 Å². The van der Waals surface area contributed by atoms with Crippen LogP contribution in [0.1, 0.15) is 38.7 Å². The molecule has 2 rings (SSSR count). The largest absolute Gasteiger partial charge is 0.326 e. The van der Waals surface area contributed by atoms with Crippen molar-refractivity contribution in [2.75, 3.05) is 13.6 Å². The van der Waals surface area contributed by atoms with E-state index < -0.39 is 0 Å². The van der Waals surface area contributed by atoms with E-state index in [4.69, 9.17) is 5.73 Å². The van der Waals surface area contributed by atoms with Crippen LogP contribution in [-0.2, 0) is 6.42 Å². The van der Waals surface area contributed by atoms with Gasteiger partial charge >= 0.3 is 0 Å². The first-order valence-electron chi connectivity index (χ1n) is 7.50. The topological polar surface area (TPSA) is 29.3 Å². The number of nitrogens with zero attached hydrogens (tertiary/aromatic N) is 1. The van der Waals surface area contributed by atoms with E-state index in [1.165, 1.54) is 24.8 Å². The van der Waals surface area contributed by atoms with E-state index in [2.05, 4.69) is 56.1 Å². The second-order valence-electron chi connectivity index (χ2n) is 6.69. The summed E-state index contributed by atoms with van der Waals surface area (Å²) in [6.07, 6.45) is 4.93. The zero-order chi connectivity index (χ0) is 13.9. The van der Waals surface area contributed by atoms with Gasteiger partial charge < -0.3 is 10.6 Å². The maximum atomic E-state index is 6.48. The maximum absolute atomic E-state index is 6.48. The summed E-state index contributed by atoms with van der Waals surface area (Å²) in [7, 11) is 2.23. The van der Waals surface area contributed by atoms with E-state index in [0.29, 0.717) is 12.1 Å². The Hall–Kier alpha value is -0.860. The van der Waals surface area contributed by atoms with E-state index in [9.17, 15) is 0 Å². The fourth-order valence-corrected chi connectivity index (χ4v) is 3.24. The van der Waals surface area contributed by atoms with Crippen LogP contribution in [0.15, 0.2) is 30.3 Å². The Labute approximate surface area is 118 Å². The standard InChI is InChI=1S/C17H28N2/c1-17(2)12-7-10-15(16(17)18)19(3)13-11-14-8-5-4-6-9-14/h4-6,8-9,15-16H,7,10-13,18H2,1-3H3. The Bertz CT molecular complexity index is 386. The van der Waals surface area contributed by atoms with Gasteiger partial charge in [0.1, 0.15) is 0 Å². The molecule has 0 spiro atoms. The molecule has 0 amide bonds. The highest BCUT2D eigenvalue weighted by Gasteiger charge is 2.37. The van der Waals surface area contributed by atoms with Gasteiger partial charge in [0.05, 0.1) is 0 Å². The van der Waals surface area contributed by atoms with Crippen LogP contribution < -0.4 is 5.73 Å². The molecular formula is C17H28N2. The van der Waals surface area contributed by atoms with Crippen LogP contribution in [-0.4, -0.2) is 30.6 Å². The fraction of sp³-hybridized carbons (Fsp3) is 0.647. The average molecular weight is 260 g/mol. The molecule has 0 saturated heterocycles. The molecule has 2 atom stereocenters. The molecule has 106 valence electrons. The number of nitrogens with two attached hydrogens (primary N) is 1. The summed E-state index contributed by atoms with van der Waals surface area (Å²) >= 11 is 0. The minimum Gasteiger partial charge on any atom is -0.326 e. The van der Waals surface area contributed by atoms with Crippen LogP contribution in [0, 0.1) is 5.41 Å². The van der Waals surface area contributed by atoms with Crippen molar-refractivity contribution in [3.8, 4) is 0 Å². The van der Waals surface area contributed by atoms with Crippen molar-refractivity contribution in [3.63, 3.8) is 0 Å². The summed E-state index contributed by atoms with van der Waals surface area (Å²) in [6.45, 7) is 5.72. The molecule has 0 aliphatic heterocycles. The molecule has 19 heavy (non-hydrogen) atoms. The first-order chi connectivity index (χ1) is 9.00. The second-order valence-corrected chi connectivity index (χ2v) is 6.69. The first-order valence-corrected chi connectivity index (χ1v) is 7.50. The Morgan fingerprint density at radius 3 is 2.63 bits per heavy atom. The van der Waals surface area contributed by atoms with Gasteiger partial charge in [0.25, 0.3) is 0 Å². The van der Waals surface area contributed by atoms with Gasteiger partial charge in [-0.15, -0.1) is 0 Å². The summed E-state index contributed by atoms with van der Waals surface area (Å²) in [5.41, 5.74) is 8.18. The first kappa shape index (κ1) is 14.5. The highest BCUT2D eigenvalue weighted by Crippen LogP contribution is 2.36. The average Bonchev–Trinajstić information content (AvgIpc) is 2.40. The number of likely N-dealkylation sites (N-methyl/N-ethyl adjacent to an activating group) is 1. The normalized spacial score (nSPS) is 26.6. The van der Waals surface area contributed by atoms with Crippen molar-refractivity contribution < 1.29 is 0 Å². The molecule has 0 heterocycles. The Morgan fingerprint density at radius 1 is 1.26 bits per heavy atom. The lowest BCUT2D eigenvalue weighted by atomic mass is 9.71. The smallest absolute Gasteiger partial charge is 0.0249 e. The molecule has 1 aromatic rings. The van der Waals surface area contributed by atoms with Gasteiger partial charge in [-0.25, -0.2) is 0 Å². The highest BCUT2D eigenvalue weighted by molar-refractivity contribution is 5.15. The van der Waals surface area contributed by atoms with Gasteiger partial charge in [-0.05, 0) is 37.3 Å². The third kappa shape index (κ3) is 3.58. The molecule has 2 nitrogen and oxygen atoms in total. The van der Waals surface area contributed by atoms with E-state index in [1.807, 2.05) is 0 Å². The van der Waals surface area contributed by atoms with Crippen molar-refractivity contribution in [3.05, 3.63) is 35.9 Å². The van der Waals surface area contributed by atoms with Crippen molar-refractivity contribution in [2.24, 2.45) is 11.1 Å². The quantitative estimate of drug-likeness (QED) is 0.901. The van der Waals surface area contributed by atoms with Gasteiger partial charge in [0, 0.05) is 18.6 Å². The van der Waals surface area contributed by atoms with E-state index in [0.717, 1.165) is 13.0 Å². The van der Waals surface area contributed by atoms with E-state index in [-0.39, 0.29) is 5.41 Å². The van der Waals surface area contributed by atoms with Gasteiger partial charge in [0.2, 0.25) is 0 Å². The summed E-state index contributed by atoms with van der Waals surface area (Å²) in [4.78, 5) is 2.47. The molecule has 1 aromatic carbocycles. The molecule has 1 fully saturated rings. The van der Waals surface area contributed by atoms with E-state index in [1.54, 1.807) is 0 Å². The zero-order valence-electron chi connectivity index (χ0n) is 12.6. The molecule has 2 unspecified atom stereocenters. The van der Waals surface area contributed by atoms with Crippen molar-refractivity contribution >= 4 is 0 Å². The number of hydrogen-bond donors (Lipinski definition) is 1. The zero-order valence-corrected chi connectivity index (χ0v) is 12.6. The Kier molecular flexibility index (Phi) is 4.64. The van der Waals surface area contributed by atoms with Gasteiger partial charge in [0.15, 0.2) is 0 Å². The van der Waals surface area contributed by atoms with Crippen LogP contribution in [0.3, 0.4) is 0 Å². The van der Waals surface area contributed by atoms with E-state index >= 15 is 0 Å². The minimum atomic E-state index is 0.282. The third-order valence-electron chi connectivity index (χ3n) is 4.80. The molecule has 1 aliphatic carbocycles. The molecule has 0 bridgehead atoms. The maximum Gasteiger partial charge on any atom is 0.0249 e. The van der Waals surface area contributed by atoms with Crippen LogP contribution >= 0.6 is 0 Å². The number of hydrogen-bond acceptors (Lipinski definition) is 2. The number of rotatable bonds is 4. The predicted octanol–water partition coefficient (Wildman–Crippen LogP) is 3.07. The Balaban J connectivity index is 1.91. The van der Waals surface area contributed by atoms with Crippen molar-refractivity contribution in [1.82, 2.24) is 4.90 Å². The molecule has 2 N–H and O–H groups in total. The van der Waals surface area contributed by atoms with Crippen LogP contribution in [0.25, 0.3) is 0 Å². The fourth-order valence-electron chi connectivity index (χ4n) is 3.24. The minimum absolute atomic E-state index is 0.282. The predicted molar refractivity (Wildman–Crippen MR) is 82.2 cm³/mol. The van der Waals surface area contributed by atoms with Gasteiger partial charge in [-0.1, -0.05) is 50.6 Å². The lowest BCUT2D eigenvalue weighted by Gasteiger charge is -2.45. The lowest BCUT2D eigenvalue weighted by molar-refractivity contribution is 0.0855. The van der Waals surface area contributed by atoms with Crippen molar-refractivity contribution in [2.45, 2.75) is 51.6 Å². The summed E-state index contributed by atoms with van der Waals surface area (Å²) in [5.74, 6) is 0. The SMILES string of the molecule is CN(CCc1ccccc1)C1CCCC(C)(C)C1N. The van der Waals surface area contributed by atoms with Crippen molar-refractivity contribution in [1.29, 1.82) is 0 Å². The highest BCUT2D eigenvalue weighted by atomic mass is 15.1. The molecule has 2 heteroatoms. The molecule has 1 saturated carbocycles. The summed E-state index contributed by atoms with van der Waals surface area (Å²) < 4.78 is 0. The monoisotopic (exact) mass is 260 g/mol. The number of benzene rings is 1. The van der Waals surface area contributed by atoms with Crippen LogP contribution in [0.2, 0.25) is 0 Å². The lowest BCUT2D eigenvalue weighted by Crippen LogP contribution is -2.56. The molecule has 1 aliphatic rings. The molecule has 0 radical (unpaired) electrons.